The van der Waals surface area contributed by atoms with Gasteiger partial charge in [-0.25, -0.2) is 0 Å². The lowest BCUT2D eigenvalue weighted by atomic mass is 10.2. The van der Waals surface area contributed by atoms with Crippen LogP contribution in [-0.2, 0) is 6.54 Å². The molecule has 0 unspecified atom stereocenters. The van der Waals surface area contributed by atoms with Crippen LogP contribution in [0.15, 0.2) is 30.3 Å². The van der Waals surface area contributed by atoms with Crippen molar-refractivity contribution in [3.05, 3.63) is 35.9 Å². The van der Waals surface area contributed by atoms with Crippen molar-refractivity contribution in [3.63, 3.8) is 0 Å². The maximum Gasteiger partial charge on any atom is 0.152 e. The molecule has 0 heterocycles. The molecule has 3 nitrogen and oxygen atoms in total. The summed E-state index contributed by atoms with van der Waals surface area (Å²) in [5, 5.41) is 20.2. The highest BCUT2D eigenvalue weighted by Gasteiger charge is 1.95. The summed E-state index contributed by atoms with van der Waals surface area (Å²) >= 11 is 0. The standard InChI is InChI=1S/C10H15NO2/c12-10(13)6-7-11-8-9-4-2-1-3-5-9/h1-5,10-13H,6-8H2. The van der Waals surface area contributed by atoms with Crippen LogP contribution in [0.2, 0.25) is 0 Å². The first-order valence-electron chi connectivity index (χ1n) is 4.40. The van der Waals surface area contributed by atoms with Gasteiger partial charge in [-0.3, -0.25) is 0 Å². The molecule has 0 aliphatic rings. The molecule has 0 atom stereocenters. The fourth-order valence-corrected chi connectivity index (χ4v) is 1.06. The topological polar surface area (TPSA) is 52.5 Å². The maximum atomic E-state index is 8.57. The van der Waals surface area contributed by atoms with E-state index in [1.54, 1.807) is 0 Å². The zero-order chi connectivity index (χ0) is 9.52. The highest BCUT2D eigenvalue weighted by Crippen LogP contribution is 1.97. The van der Waals surface area contributed by atoms with Crippen molar-refractivity contribution >= 4 is 0 Å². The van der Waals surface area contributed by atoms with E-state index < -0.39 is 6.29 Å². The molecule has 0 saturated heterocycles. The van der Waals surface area contributed by atoms with Crippen molar-refractivity contribution in [3.8, 4) is 0 Å². The van der Waals surface area contributed by atoms with Gasteiger partial charge in [-0.05, 0) is 5.56 Å². The zero-order valence-corrected chi connectivity index (χ0v) is 7.48. The van der Waals surface area contributed by atoms with Gasteiger partial charge in [-0.2, -0.15) is 0 Å². The maximum absolute atomic E-state index is 8.57. The van der Waals surface area contributed by atoms with E-state index in [4.69, 9.17) is 10.2 Å². The van der Waals surface area contributed by atoms with Gasteiger partial charge in [-0.15, -0.1) is 0 Å². The average molecular weight is 181 g/mol. The fraction of sp³-hybridized carbons (Fsp3) is 0.400. The van der Waals surface area contributed by atoms with E-state index in [0.29, 0.717) is 13.0 Å². The predicted octanol–water partition coefficient (Wildman–Crippen LogP) is 0.477. The summed E-state index contributed by atoms with van der Waals surface area (Å²) < 4.78 is 0. The van der Waals surface area contributed by atoms with Gasteiger partial charge in [0.25, 0.3) is 0 Å². The Morgan fingerprint density at radius 2 is 1.85 bits per heavy atom. The Labute approximate surface area is 78.0 Å². The van der Waals surface area contributed by atoms with Gasteiger partial charge in [0.15, 0.2) is 6.29 Å². The third-order valence-electron chi connectivity index (χ3n) is 1.75. The molecule has 1 rings (SSSR count). The summed E-state index contributed by atoms with van der Waals surface area (Å²) in [6.07, 6.45) is -0.837. The lowest BCUT2D eigenvalue weighted by Gasteiger charge is -2.05. The van der Waals surface area contributed by atoms with Gasteiger partial charge >= 0.3 is 0 Å². The number of aliphatic hydroxyl groups excluding tert-OH is 1. The normalized spacial score (nSPS) is 10.7. The highest BCUT2D eigenvalue weighted by molar-refractivity contribution is 5.14. The molecule has 0 aliphatic carbocycles. The minimum absolute atomic E-state index is 0.368. The largest absolute Gasteiger partial charge is 0.368 e. The van der Waals surface area contributed by atoms with Crippen LogP contribution < -0.4 is 5.32 Å². The van der Waals surface area contributed by atoms with Crippen molar-refractivity contribution in [2.24, 2.45) is 0 Å². The van der Waals surface area contributed by atoms with Crippen molar-refractivity contribution in [2.75, 3.05) is 6.54 Å². The molecule has 0 radical (unpaired) electrons. The molecule has 1 aromatic carbocycles. The van der Waals surface area contributed by atoms with Gasteiger partial charge in [0.2, 0.25) is 0 Å². The Hall–Kier alpha value is -0.900. The summed E-state index contributed by atoms with van der Waals surface area (Å²) in [7, 11) is 0. The van der Waals surface area contributed by atoms with Crippen LogP contribution in [0.1, 0.15) is 12.0 Å². The van der Waals surface area contributed by atoms with Gasteiger partial charge in [0.05, 0.1) is 0 Å². The van der Waals surface area contributed by atoms with Crippen LogP contribution in [0, 0.1) is 0 Å². The minimum atomic E-state index is -1.21. The molecule has 0 fully saturated rings. The number of rotatable bonds is 5. The molecule has 13 heavy (non-hydrogen) atoms. The van der Waals surface area contributed by atoms with Crippen molar-refractivity contribution in [2.45, 2.75) is 19.3 Å². The van der Waals surface area contributed by atoms with Crippen molar-refractivity contribution in [1.82, 2.24) is 5.32 Å². The molecule has 0 spiro atoms. The molecule has 0 bridgehead atoms. The highest BCUT2D eigenvalue weighted by atomic mass is 16.5. The molecule has 0 saturated carbocycles. The summed E-state index contributed by atoms with van der Waals surface area (Å²) in [5.41, 5.74) is 1.20. The van der Waals surface area contributed by atoms with Crippen molar-refractivity contribution in [1.29, 1.82) is 0 Å². The first-order chi connectivity index (χ1) is 6.29. The number of aliphatic hydroxyl groups is 2. The average Bonchev–Trinajstić information content (AvgIpc) is 2.14. The zero-order valence-electron chi connectivity index (χ0n) is 7.48. The van der Waals surface area contributed by atoms with E-state index in [-0.39, 0.29) is 0 Å². The molecule has 1 aromatic rings. The van der Waals surface area contributed by atoms with Crippen LogP contribution >= 0.6 is 0 Å². The van der Waals surface area contributed by atoms with E-state index >= 15 is 0 Å². The SMILES string of the molecule is OC(O)CCNCc1ccccc1. The minimum Gasteiger partial charge on any atom is -0.368 e. The lowest BCUT2D eigenvalue weighted by molar-refractivity contribution is -0.0444. The molecular weight excluding hydrogens is 166 g/mol. The van der Waals surface area contributed by atoms with E-state index in [1.165, 1.54) is 5.56 Å². The fourth-order valence-electron chi connectivity index (χ4n) is 1.06. The molecule has 0 aromatic heterocycles. The molecule has 72 valence electrons. The van der Waals surface area contributed by atoms with Gasteiger partial charge in [0, 0.05) is 19.5 Å². The molecule has 3 heteroatoms. The van der Waals surface area contributed by atoms with Gasteiger partial charge < -0.3 is 15.5 Å². The third-order valence-corrected chi connectivity index (χ3v) is 1.75. The second kappa shape index (κ2) is 5.70. The van der Waals surface area contributed by atoms with Crippen molar-refractivity contribution < 1.29 is 10.2 Å². The Bertz CT molecular complexity index is 224. The summed E-state index contributed by atoms with van der Waals surface area (Å²) in [5.74, 6) is 0. The Kier molecular flexibility index (Phi) is 4.46. The number of nitrogens with one attached hydrogen (secondary N) is 1. The van der Waals surface area contributed by atoms with E-state index in [9.17, 15) is 0 Å². The Morgan fingerprint density at radius 1 is 1.15 bits per heavy atom. The summed E-state index contributed by atoms with van der Waals surface area (Å²) in [6, 6.07) is 10.0. The second-order valence-corrected chi connectivity index (χ2v) is 2.93. The first kappa shape index (κ1) is 10.2. The van der Waals surface area contributed by atoms with Crippen LogP contribution in [0.5, 0.6) is 0 Å². The van der Waals surface area contributed by atoms with Crippen LogP contribution in [0.3, 0.4) is 0 Å². The van der Waals surface area contributed by atoms with E-state index in [2.05, 4.69) is 5.32 Å². The Morgan fingerprint density at radius 3 is 2.46 bits per heavy atom. The predicted molar refractivity (Wildman–Crippen MR) is 51.0 cm³/mol. The van der Waals surface area contributed by atoms with Crippen LogP contribution in [0.4, 0.5) is 0 Å². The molecule has 0 amide bonds. The molecule has 0 aliphatic heterocycles. The van der Waals surface area contributed by atoms with E-state index in [1.807, 2.05) is 30.3 Å². The summed E-state index contributed by atoms with van der Waals surface area (Å²) in [6.45, 7) is 1.39. The third kappa shape index (κ3) is 4.62. The quantitative estimate of drug-likeness (QED) is 0.457. The lowest BCUT2D eigenvalue weighted by Crippen LogP contribution is -2.19. The van der Waals surface area contributed by atoms with Crippen LogP contribution in [0.25, 0.3) is 0 Å². The smallest absolute Gasteiger partial charge is 0.152 e. The van der Waals surface area contributed by atoms with Gasteiger partial charge in [0.1, 0.15) is 0 Å². The van der Waals surface area contributed by atoms with E-state index in [0.717, 1.165) is 6.54 Å². The number of benzene rings is 1. The first-order valence-corrected chi connectivity index (χ1v) is 4.40. The van der Waals surface area contributed by atoms with Gasteiger partial charge in [-0.1, -0.05) is 30.3 Å². The summed E-state index contributed by atoms with van der Waals surface area (Å²) in [4.78, 5) is 0. The van der Waals surface area contributed by atoms with Crippen LogP contribution in [-0.4, -0.2) is 23.0 Å². The monoisotopic (exact) mass is 181 g/mol. The number of hydrogen-bond donors (Lipinski definition) is 3. The number of hydrogen-bond acceptors (Lipinski definition) is 3. The molecular formula is C10H15NO2. The Balaban J connectivity index is 2.13. The second-order valence-electron chi connectivity index (χ2n) is 2.93. The molecule has 3 N–H and O–H groups in total.